The maximum atomic E-state index is 10.9. The molecule has 0 fully saturated rings. The Balaban J connectivity index is 0. The quantitative estimate of drug-likeness (QED) is 0.216. The number of carbonyl (C=O) groups excluding carboxylic acids is 1. The number of aliphatic imine (C=N–C) groups is 1. The van der Waals surface area contributed by atoms with Gasteiger partial charge in [-0.15, -0.1) is 24.0 Å². The van der Waals surface area contributed by atoms with E-state index in [0.717, 1.165) is 26.2 Å². The predicted molar refractivity (Wildman–Crippen MR) is 82.5 cm³/mol. The van der Waals surface area contributed by atoms with Crippen LogP contribution in [0.5, 0.6) is 0 Å². The maximum absolute atomic E-state index is 10.9. The minimum Gasteiger partial charge on any atom is -0.469 e. The van der Waals surface area contributed by atoms with E-state index in [4.69, 9.17) is 4.74 Å². The van der Waals surface area contributed by atoms with Gasteiger partial charge in [-0.1, -0.05) is 0 Å². The van der Waals surface area contributed by atoms with E-state index in [0.29, 0.717) is 18.9 Å². The molecular weight excluding hydrogens is 349 g/mol. The summed E-state index contributed by atoms with van der Waals surface area (Å²) in [6, 6.07) is 0. The highest BCUT2D eigenvalue weighted by Gasteiger charge is 2.01. The Morgan fingerprint density at radius 2 is 1.94 bits per heavy atom. The van der Waals surface area contributed by atoms with Gasteiger partial charge in [0.05, 0.1) is 13.5 Å². The molecule has 7 heteroatoms. The Morgan fingerprint density at radius 3 is 2.50 bits per heavy atom. The lowest BCUT2D eigenvalue weighted by Gasteiger charge is -2.11. The van der Waals surface area contributed by atoms with Crippen LogP contribution in [-0.2, 0) is 14.3 Å². The minimum atomic E-state index is -0.232. The van der Waals surface area contributed by atoms with Gasteiger partial charge in [-0.25, -0.2) is 0 Å². The van der Waals surface area contributed by atoms with Crippen LogP contribution >= 0.6 is 24.0 Å². The van der Waals surface area contributed by atoms with Gasteiger partial charge >= 0.3 is 5.97 Å². The van der Waals surface area contributed by atoms with Crippen LogP contribution in [0.25, 0.3) is 0 Å². The van der Waals surface area contributed by atoms with Crippen LogP contribution in [0.15, 0.2) is 4.99 Å². The molecule has 18 heavy (non-hydrogen) atoms. The first-order chi connectivity index (χ1) is 8.24. The third-order valence-electron chi connectivity index (χ3n) is 2.03. The van der Waals surface area contributed by atoms with E-state index in [1.807, 2.05) is 6.92 Å². The van der Waals surface area contributed by atoms with Gasteiger partial charge in [0.15, 0.2) is 5.96 Å². The first-order valence-corrected chi connectivity index (χ1v) is 5.83. The summed E-state index contributed by atoms with van der Waals surface area (Å²) in [6.45, 7) is 4.76. The van der Waals surface area contributed by atoms with E-state index in [9.17, 15) is 4.79 Å². The summed E-state index contributed by atoms with van der Waals surface area (Å²) in [6.07, 6.45) is 1.25. The average molecular weight is 373 g/mol. The van der Waals surface area contributed by atoms with Gasteiger partial charge in [0.2, 0.25) is 0 Å². The minimum absolute atomic E-state index is 0. The number of carbonyl (C=O) groups is 1. The van der Waals surface area contributed by atoms with Gasteiger partial charge in [-0.05, 0) is 13.3 Å². The second kappa shape index (κ2) is 14.5. The standard InChI is InChI=1S/C11H23N3O3.HI/c1-4-17-9-5-7-13-11(12-2)14-8-6-10(15)16-3;/h4-9H2,1-3H3,(H2,12,13,14);1H. The van der Waals surface area contributed by atoms with Crippen LogP contribution in [0.2, 0.25) is 0 Å². The Morgan fingerprint density at radius 1 is 1.28 bits per heavy atom. The molecule has 0 atom stereocenters. The van der Waals surface area contributed by atoms with Gasteiger partial charge in [0.1, 0.15) is 0 Å². The molecule has 0 saturated heterocycles. The van der Waals surface area contributed by atoms with Crippen LogP contribution < -0.4 is 10.6 Å². The molecule has 0 aliphatic rings. The van der Waals surface area contributed by atoms with Crippen molar-refractivity contribution >= 4 is 35.9 Å². The van der Waals surface area contributed by atoms with Crippen molar-refractivity contribution in [2.75, 3.05) is 40.5 Å². The molecule has 0 radical (unpaired) electrons. The number of nitrogens with one attached hydrogen (secondary N) is 2. The van der Waals surface area contributed by atoms with Crippen molar-refractivity contribution in [3.05, 3.63) is 0 Å². The van der Waals surface area contributed by atoms with Gasteiger partial charge in [0, 0.05) is 33.4 Å². The summed E-state index contributed by atoms with van der Waals surface area (Å²) in [7, 11) is 3.07. The monoisotopic (exact) mass is 373 g/mol. The van der Waals surface area contributed by atoms with E-state index >= 15 is 0 Å². The van der Waals surface area contributed by atoms with Crippen molar-refractivity contribution < 1.29 is 14.3 Å². The highest BCUT2D eigenvalue weighted by Crippen LogP contribution is 1.83. The molecule has 0 heterocycles. The number of methoxy groups -OCH3 is 1. The zero-order valence-corrected chi connectivity index (χ0v) is 13.7. The molecule has 6 nitrogen and oxygen atoms in total. The van der Waals surface area contributed by atoms with Crippen LogP contribution in [-0.4, -0.2) is 52.4 Å². The second-order valence-electron chi connectivity index (χ2n) is 3.30. The highest BCUT2D eigenvalue weighted by atomic mass is 127. The molecule has 0 aromatic rings. The van der Waals surface area contributed by atoms with E-state index in [1.165, 1.54) is 7.11 Å². The zero-order chi connectivity index (χ0) is 12.9. The summed E-state index contributed by atoms with van der Waals surface area (Å²) in [5.41, 5.74) is 0. The van der Waals surface area contributed by atoms with Crippen molar-refractivity contribution in [3.63, 3.8) is 0 Å². The molecule has 0 rings (SSSR count). The summed E-state index contributed by atoms with van der Waals surface area (Å²) >= 11 is 0. The van der Waals surface area contributed by atoms with Crippen LogP contribution in [0.3, 0.4) is 0 Å². The fourth-order valence-corrected chi connectivity index (χ4v) is 1.13. The topological polar surface area (TPSA) is 72.0 Å². The number of guanidine groups is 1. The molecule has 0 saturated carbocycles. The molecular formula is C11H24IN3O3. The largest absolute Gasteiger partial charge is 0.469 e. The fourth-order valence-electron chi connectivity index (χ4n) is 1.13. The number of hydrogen-bond donors (Lipinski definition) is 2. The van der Waals surface area contributed by atoms with Gasteiger partial charge in [-0.2, -0.15) is 0 Å². The van der Waals surface area contributed by atoms with Crippen molar-refractivity contribution in [1.29, 1.82) is 0 Å². The lowest BCUT2D eigenvalue weighted by molar-refractivity contribution is -0.140. The van der Waals surface area contributed by atoms with Gasteiger partial charge < -0.3 is 20.1 Å². The zero-order valence-electron chi connectivity index (χ0n) is 11.3. The van der Waals surface area contributed by atoms with Crippen molar-refractivity contribution in [3.8, 4) is 0 Å². The number of ether oxygens (including phenoxy) is 2. The maximum Gasteiger partial charge on any atom is 0.307 e. The third-order valence-corrected chi connectivity index (χ3v) is 2.03. The molecule has 108 valence electrons. The number of halogens is 1. The smallest absolute Gasteiger partial charge is 0.307 e. The molecule has 0 aliphatic heterocycles. The average Bonchev–Trinajstić information content (AvgIpc) is 2.36. The second-order valence-corrected chi connectivity index (χ2v) is 3.30. The number of hydrogen-bond acceptors (Lipinski definition) is 4. The Hall–Kier alpha value is -0.570. The van der Waals surface area contributed by atoms with Crippen LogP contribution in [0, 0.1) is 0 Å². The SMILES string of the molecule is CCOCCCNC(=NC)NCCC(=O)OC.I. The molecule has 0 amide bonds. The summed E-state index contributed by atoms with van der Waals surface area (Å²) < 4.78 is 9.75. The number of nitrogens with zero attached hydrogens (tertiary/aromatic N) is 1. The molecule has 0 unspecified atom stereocenters. The van der Waals surface area contributed by atoms with Crippen molar-refractivity contribution in [2.24, 2.45) is 4.99 Å². The molecule has 2 N–H and O–H groups in total. The summed E-state index contributed by atoms with van der Waals surface area (Å²) in [5.74, 6) is 0.453. The van der Waals surface area contributed by atoms with E-state index < -0.39 is 0 Å². The van der Waals surface area contributed by atoms with E-state index in [2.05, 4.69) is 20.4 Å². The summed E-state index contributed by atoms with van der Waals surface area (Å²) in [4.78, 5) is 14.9. The normalized spacial score (nSPS) is 10.5. The first kappa shape index (κ1) is 19.8. The van der Waals surface area contributed by atoms with E-state index in [1.54, 1.807) is 7.05 Å². The van der Waals surface area contributed by atoms with Crippen LogP contribution in [0.4, 0.5) is 0 Å². The third kappa shape index (κ3) is 11.9. The van der Waals surface area contributed by atoms with Gasteiger partial charge in [-0.3, -0.25) is 9.79 Å². The Labute approximate surface area is 126 Å². The van der Waals surface area contributed by atoms with Crippen LogP contribution in [0.1, 0.15) is 19.8 Å². The Bertz CT molecular complexity index is 238. The molecule has 0 aromatic heterocycles. The molecule has 0 aromatic carbocycles. The highest BCUT2D eigenvalue weighted by molar-refractivity contribution is 14.0. The summed E-state index contributed by atoms with van der Waals surface area (Å²) in [5, 5.41) is 6.15. The van der Waals surface area contributed by atoms with Crippen molar-refractivity contribution in [2.45, 2.75) is 19.8 Å². The lowest BCUT2D eigenvalue weighted by Crippen LogP contribution is -2.39. The number of esters is 1. The van der Waals surface area contributed by atoms with E-state index in [-0.39, 0.29) is 29.9 Å². The predicted octanol–water partition coefficient (Wildman–Crippen LogP) is 0.759. The number of rotatable bonds is 8. The Kier molecular flexibility index (Phi) is 15.9. The molecule has 0 bridgehead atoms. The lowest BCUT2D eigenvalue weighted by atomic mass is 10.4. The molecule has 0 aliphatic carbocycles. The molecule has 0 spiro atoms. The first-order valence-electron chi connectivity index (χ1n) is 5.83. The van der Waals surface area contributed by atoms with Crippen molar-refractivity contribution in [1.82, 2.24) is 10.6 Å². The van der Waals surface area contributed by atoms with Gasteiger partial charge in [0.25, 0.3) is 0 Å². The fraction of sp³-hybridized carbons (Fsp3) is 0.818.